The molecule has 1 heterocycles. The van der Waals surface area contributed by atoms with Gasteiger partial charge in [-0.1, -0.05) is 86.1 Å². The highest BCUT2D eigenvalue weighted by atomic mass is 16.5. The fourth-order valence-corrected chi connectivity index (χ4v) is 4.60. The number of rotatable bonds is 10. The van der Waals surface area contributed by atoms with Crippen molar-refractivity contribution in [2.75, 3.05) is 26.2 Å². The fraction of sp³-hybridized carbons (Fsp3) is 0.290. The van der Waals surface area contributed by atoms with E-state index >= 15 is 0 Å². The molecule has 1 N–H and O–H groups in total. The number of likely N-dealkylation sites (tertiary alicyclic amines) is 1. The molecule has 0 saturated carbocycles. The molecule has 1 fully saturated rings. The quantitative estimate of drug-likeness (QED) is 0.232. The predicted octanol–water partition coefficient (Wildman–Crippen LogP) is 5.34. The number of ketones is 1. The number of Topliss-reactive ketones (excluding diaryl/α,β-unsaturated/α-hetero) is 1. The average molecular weight is 499 g/mol. The van der Waals surface area contributed by atoms with Crippen molar-refractivity contribution >= 4 is 17.4 Å². The zero-order chi connectivity index (χ0) is 26.4. The maximum atomic E-state index is 13.2. The van der Waals surface area contributed by atoms with E-state index in [0.717, 1.165) is 29.8 Å². The first-order chi connectivity index (χ1) is 17.9. The van der Waals surface area contributed by atoms with E-state index < -0.39 is 17.7 Å². The van der Waals surface area contributed by atoms with Gasteiger partial charge in [0.1, 0.15) is 18.1 Å². The van der Waals surface area contributed by atoms with Crippen LogP contribution in [-0.2, 0) is 16.2 Å². The SMILES string of the molecule is CCN(CC)CCN1C(=O)C(=O)/C(=C(/O)c2ccc(C)cc2)C1c1ccc(OCc2ccccc2)cc1. The second kappa shape index (κ2) is 11.9. The van der Waals surface area contributed by atoms with Gasteiger partial charge in [0.05, 0.1) is 11.6 Å². The van der Waals surface area contributed by atoms with Gasteiger partial charge >= 0.3 is 0 Å². The van der Waals surface area contributed by atoms with Crippen molar-refractivity contribution in [1.82, 2.24) is 9.80 Å². The van der Waals surface area contributed by atoms with Gasteiger partial charge in [0, 0.05) is 18.7 Å². The number of carbonyl (C=O) groups is 2. The van der Waals surface area contributed by atoms with E-state index in [1.807, 2.05) is 73.7 Å². The lowest BCUT2D eigenvalue weighted by Gasteiger charge is -2.28. The van der Waals surface area contributed by atoms with Gasteiger partial charge in [-0.3, -0.25) is 9.59 Å². The number of aliphatic hydroxyl groups is 1. The third-order valence-electron chi connectivity index (χ3n) is 6.86. The molecule has 192 valence electrons. The largest absolute Gasteiger partial charge is 0.507 e. The summed E-state index contributed by atoms with van der Waals surface area (Å²) in [5, 5.41) is 11.2. The van der Waals surface area contributed by atoms with Gasteiger partial charge in [-0.2, -0.15) is 0 Å². The van der Waals surface area contributed by atoms with Crippen LogP contribution in [0.25, 0.3) is 5.76 Å². The molecule has 1 amide bonds. The van der Waals surface area contributed by atoms with Gasteiger partial charge < -0.3 is 19.6 Å². The van der Waals surface area contributed by atoms with E-state index in [4.69, 9.17) is 4.74 Å². The summed E-state index contributed by atoms with van der Waals surface area (Å²) in [7, 11) is 0. The monoisotopic (exact) mass is 498 g/mol. The lowest BCUT2D eigenvalue weighted by molar-refractivity contribution is -0.140. The van der Waals surface area contributed by atoms with E-state index in [9.17, 15) is 14.7 Å². The third-order valence-corrected chi connectivity index (χ3v) is 6.86. The first-order valence-corrected chi connectivity index (χ1v) is 12.8. The Hall–Kier alpha value is -3.90. The van der Waals surface area contributed by atoms with Gasteiger partial charge in [-0.05, 0) is 43.3 Å². The second-order valence-corrected chi connectivity index (χ2v) is 9.23. The maximum absolute atomic E-state index is 13.2. The molecule has 3 aromatic rings. The maximum Gasteiger partial charge on any atom is 0.295 e. The molecule has 0 bridgehead atoms. The first kappa shape index (κ1) is 26.2. The van der Waals surface area contributed by atoms with Crippen molar-refractivity contribution in [3.8, 4) is 5.75 Å². The van der Waals surface area contributed by atoms with Gasteiger partial charge in [0.25, 0.3) is 11.7 Å². The number of aliphatic hydroxyl groups excluding tert-OH is 1. The average Bonchev–Trinajstić information content (AvgIpc) is 3.18. The van der Waals surface area contributed by atoms with Crippen LogP contribution in [0.3, 0.4) is 0 Å². The summed E-state index contributed by atoms with van der Waals surface area (Å²) in [6.45, 7) is 9.26. The summed E-state index contributed by atoms with van der Waals surface area (Å²) >= 11 is 0. The minimum Gasteiger partial charge on any atom is -0.507 e. The molecule has 37 heavy (non-hydrogen) atoms. The number of hydrogen-bond acceptors (Lipinski definition) is 5. The first-order valence-electron chi connectivity index (χ1n) is 12.8. The smallest absolute Gasteiger partial charge is 0.295 e. The molecule has 6 nitrogen and oxygen atoms in total. The minimum atomic E-state index is -0.681. The Morgan fingerprint density at radius 1 is 0.919 bits per heavy atom. The van der Waals surface area contributed by atoms with Crippen molar-refractivity contribution in [2.45, 2.75) is 33.4 Å². The highest BCUT2D eigenvalue weighted by molar-refractivity contribution is 6.46. The number of carbonyl (C=O) groups excluding carboxylic acids is 2. The topological polar surface area (TPSA) is 70.1 Å². The highest BCUT2D eigenvalue weighted by Crippen LogP contribution is 2.39. The lowest BCUT2D eigenvalue weighted by atomic mass is 9.95. The molecule has 0 spiro atoms. The number of nitrogens with zero attached hydrogens (tertiary/aromatic N) is 2. The molecule has 1 atom stereocenters. The molecule has 1 aliphatic rings. The Bertz CT molecular complexity index is 1250. The lowest BCUT2D eigenvalue weighted by Crippen LogP contribution is -2.38. The Labute approximate surface area is 218 Å². The Kier molecular flexibility index (Phi) is 8.41. The van der Waals surface area contributed by atoms with Crippen LogP contribution >= 0.6 is 0 Å². The third kappa shape index (κ3) is 5.92. The number of amides is 1. The van der Waals surface area contributed by atoms with E-state index in [2.05, 4.69) is 18.7 Å². The molecule has 1 aliphatic heterocycles. The zero-order valence-electron chi connectivity index (χ0n) is 21.7. The number of ether oxygens (including phenoxy) is 1. The summed E-state index contributed by atoms with van der Waals surface area (Å²) < 4.78 is 5.93. The highest BCUT2D eigenvalue weighted by Gasteiger charge is 2.45. The Balaban J connectivity index is 1.67. The summed E-state index contributed by atoms with van der Waals surface area (Å²) in [4.78, 5) is 30.2. The van der Waals surface area contributed by atoms with Crippen molar-refractivity contribution in [3.05, 3.63) is 107 Å². The van der Waals surface area contributed by atoms with E-state index in [-0.39, 0.29) is 11.3 Å². The standard InChI is InChI=1S/C31H34N2O4/c1-4-32(5-2)19-20-33-28(24-15-17-26(18-16-24)37-21-23-9-7-6-8-10-23)27(30(35)31(33)36)29(34)25-13-11-22(3)12-14-25/h6-18,28,34H,4-5,19-21H2,1-3H3/b29-27+. The van der Waals surface area contributed by atoms with Crippen LogP contribution in [0.1, 0.15) is 42.1 Å². The van der Waals surface area contributed by atoms with Gasteiger partial charge in [0.2, 0.25) is 0 Å². The van der Waals surface area contributed by atoms with Crippen LogP contribution < -0.4 is 4.74 Å². The second-order valence-electron chi connectivity index (χ2n) is 9.23. The normalized spacial score (nSPS) is 17.0. The molecule has 0 aromatic heterocycles. The fourth-order valence-electron chi connectivity index (χ4n) is 4.60. The van der Waals surface area contributed by atoms with Crippen LogP contribution in [-0.4, -0.2) is 52.8 Å². The minimum absolute atomic E-state index is 0.117. The molecule has 1 unspecified atom stereocenters. The van der Waals surface area contributed by atoms with Crippen LogP contribution in [0.2, 0.25) is 0 Å². The molecular formula is C31H34N2O4. The number of hydrogen-bond donors (Lipinski definition) is 1. The predicted molar refractivity (Wildman–Crippen MR) is 145 cm³/mol. The van der Waals surface area contributed by atoms with Crippen molar-refractivity contribution < 1.29 is 19.4 Å². The summed E-state index contributed by atoms with van der Waals surface area (Å²) in [6.07, 6.45) is 0. The summed E-state index contributed by atoms with van der Waals surface area (Å²) in [5.74, 6) is -0.716. The molecule has 1 saturated heterocycles. The Morgan fingerprint density at radius 3 is 2.19 bits per heavy atom. The van der Waals surface area contributed by atoms with Crippen molar-refractivity contribution in [1.29, 1.82) is 0 Å². The van der Waals surface area contributed by atoms with Gasteiger partial charge in [-0.25, -0.2) is 0 Å². The van der Waals surface area contributed by atoms with E-state index in [0.29, 0.717) is 31.0 Å². The van der Waals surface area contributed by atoms with Crippen LogP contribution in [0.15, 0.2) is 84.4 Å². The van der Waals surface area contributed by atoms with E-state index in [1.54, 1.807) is 17.0 Å². The van der Waals surface area contributed by atoms with Crippen molar-refractivity contribution in [3.63, 3.8) is 0 Å². The van der Waals surface area contributed by atoms with Gasteiger partial charge in [-0.15, -0.1) is 0 Å². The van der Waals surface area contributed by atoms with Crippen LogP contribution in [0.5, 0.6) is 5.75 Å². The summed E-state index contributed by atoms with van der Waals surface area (Å²) in [5.41, 5.74) is 3.49. The number of likely N-dealkylation sites (N-methyl/N-ethyl adjacent to an activating group) is 1. The summed E-state index contributed by atoms with van der Waals surface area (Å²) in [6, 6.07) is 23.9. The number of benzene rings is 3. The molecule has 3 aromatic carbocycles. The molecule has 6 heteroatoms. The molecule has 0 aliphatic carbocycles. The molecule has 0 radical (unpaired) electrons. The number of aryl methyl sites for hydroxylation is 1. The van der Waals surface area contributed by atoms with Crippen LogP contribution in [0, 0.1) is 6.92 Å². The van der Waals surface area contributed by atoms with Crippen LogP contribution in [0.4, 0.5) is 0 Å². The Morgan fingerprint density at radius 2 is 1.57 bits per heavy atom. The van der Waals surface area contributed by atoms with Crippen molar-refractivity contribution in [2.24, 2.45) is 0 Å². The molecular weight excluding hydrogens is 464 g/mol. The van der Waals surface area contributed by atoms with E-state index in [1.165, 1.54) is 0 Å². The molecule has 4 rings (SSSR count). The van der Waals surface area contributed by atoms with Gasteiger partial charge in [0.15, 0.2) is 0 Å². The zero-order valence-corrected chi connectivity index (χ0v) is 21.7.